The SMILES string of the molecule is CONC1CCCc2c1cnn2C. The van der Waals surface area contributed by atoms with Gasteiger partial charge in [0, 0.05) is 18.3 Å². The van der Waals surface area contributed by atoms with Gasteiger partial charge in [-0.1, -0.05) is 0 Å². The van der Waals surface area contributed by atoms with Gasteiger partial charge in [0.05, 0.1) is 19.3 Å². The quantitative estimate of drug-likeness (QED) is 0.690. The van der Waals surface area contributed by atoms with Crippen molar-refractivity contribution in [3.05, 3.63) is 17.5 Å². The Bertz CT molecular complexity index is 295. The summed E-state index contributed by atoms with van der Waals surface area (Å²) >= 11 is 0. The smallest absolute Gasteiger partial charge is 0.0605 e. The van der Waals surface area contributed by atoms with E-state index in [9.17, 15) is 0 Å². The number of hydrogen-bond acceptors (Lipinski definition) is 3. The molecule has 1 aliphatic rings. The first-order chi connectivity index (χ1) is 6.33. The highest BCUT2D eigenvalue weighted by molar-refractivity contribution is 5.24. The molecule has 2 rings (SSSR count). The van der Waals surface area contributed by atoms with Crippen molar-refractivity contribution >= 4 is 0 Å². The van der Waals surface area contributed by atoms with Gasteiger partial charge in [-0.15, -0.1) is 0 Å². The highest BCUT2D eigenvalue weighted by Gasteiger charge is 2.22. The molecular weight excluding hydrogens is 166 g/mol. The summed E-state index contributed by atoms with van der Waals surface area (Å²) in [5, 5.41) is 4.25. The summed E-state index contributed by atoms with van der Waals surface area (Å²) < 4.78 is 1.96. The van der Waals surface area contributed by atoms with E-state index < -0.39 is 0 Å². The van der Waals surface area contributed by atoms with Crippen LogP contribution in [-0.2, 0) is 18.3 Å². The second-order valence-corrected chi connectivity index (χ2v) is 3.44. The Kier molecular flexibility index (Phi) is 2.33. The van der Waals surface area contributed by atoms with Crippen LogP contribution in [0.5, 0.6) is 0 Å². The van der Waals surface area contributed by atoms with Gasteiger partial charge in [-0.05, 0) is 19.3 Å². The Morgan fingerprint density at radius 2 is 2.54 bits per heavy atom. The number of hydrogen-bond donors (Lipinski definition) is 1. The average molecular weight is 181 g/mol. The molecule has 1 aromatic rings. The number of aryl methyl sites for hydroxylation is 1. The molecule has 0 amide bonds. The Morgan fingerprint density at radius 1 is 1.69 bits per heavy atom. The van der Waals surface area contributed by atoms with Crippen LogP contribution < -0.4 is 5.48 Å². The van der Waals surface area contributed by atoms with Crippen LogP contribution in [0, 0.1) is 0 Å². The average Bonchev–Trinajstić information content (AvgIpc) is 2.50. The van der Waals surface area contributed by atoms with E-state index in [1.165, 1.54) is 17.7 Å². The summed E-state index contributed by atoms with van der Waals surface area (Å²) in [6.45, 7) is 0. The molecule has 1 aromatic heterocycles. The van der Waals surface area contributed by atoms with Gasteiger partial charge < -0.3 is 4.84 Å². The summed E-state index contributed by atoms with van der Waals surface area (Å²) in [5.41, 5.74) is 5.62. The van der Waals surface area contributed by atoms with Crippen molar-refractivity contribution in [3.63, 3.8) is 0 Å². The summed E-state index contributed by atoms with van der Waals surface area (Å²) in [4.78, 5) is 4.96. The molecule has 1 aliphatic carbocycles. The van der Waals surface area contributed by atoms with E-state index in [1.807, 2.05) is 17.9 Å². The number of nitrogens with one attached hydrogen (secondary N) is 1. The van der Waals surface area contributed by atoms with Gasteiger partial charge in [0.25, 0.3) is 0 Å². The first-order valence-corrected chi connectivity index (χ1v) is 4.62. The van der Waals surface area contributed by atoms with Gasteiger partial charge in [0.2, 0.25) is 0 Å². The molecule has 0 radical (unpaired) electrons. The summed E-state index contributed by atoms with van der Waals surface area (Å²) in [6.07, 6.45) is 5.40. The lowest BCUT2D eigenvalue weighted by Crippen LogP contribution is -2.24. The molecule has 4 nitrogen and oxygen atoms in total. The molecule has 1 N–H and O–H groups in total. The molecule has 0 fully saturated rings. The second kappa shape index (κ2) is 3.47. The molecule has 1 unspecified atom stereocenters. The first kappa shape index (κ1) is 8.72. The molecule has 1 heterocycles. The fraction of sp³-hybridized carbons (Fsp3) is 0.667. The summed E-state index contributed by atoms with van der Waals surface area (Å²) in [6, 6.07) is 0.322. The van der Waals surface area contributed by atoms with Crippen molar-refractivity contribution < 1.29 is 4.84 Å². The number of rotatable bonds is 2. The lowest BCUT2D eigenvalue weighted by molar-refractivity contribution is 0.0550. The third kappa shape index (κ3) is 1.47. The topological polar surface area (TPSA) is 39.1 Å². The minimum Gasteiger partial charge on any atom is -0.305 e. The van der Waals surface area contributed by atoms with Crippen LogP contribution in [-0.4, -0.2) is 16.9 Å². The van der Waals surface area contributed by atoms with Crippen LogP contribution in [0.4, 0.5) is 0 Å². The van der Waals surface area contributed by atoms with Gasteiger partial charge >= 0.3 is 0 Å². The van der Waals surface area contributed by atoms with E-state index in [-0.39, 0.29) is 0 Å². The Hall–Kier alpha value is -0.870. The maximum atomic E-state index is 4.96. The van der Waals surface area contributed by atoms with Crippen molar-refractivity contribution in [1.29, 1.82) is 0 Å². The summed E-state index contributed by atoms with van der Waals surface area (Å²) in [5.74, 6) is 0. The van der Waals surface area contributed by atoms with Gasteiger partial charge in [-0.25, -0.2) is 0 Å². The molecule has 72 valence electrons. The number of fused-ring (bicyclic) bond motifs is 1. The van der Waals surface area contributed by atoms with E-state index >= 15 is 0 Å². The molecule has 1 atom stereocenters. The normalized spacial score (nSPS) is 21.5. The number of aromatic nitrogens is 2. The van der Waals surface area contributed by atoms with Crippen molar-refractivity contribution in [2.45, 2.75) is 25.3 Å². The molecule has 0 aromatic carbocycles. The zero-order valence-electron chi connectivity index (χ0n) is 8.08. The lowest BCUT2D eigenvalue weighted by atomic mass is 9.94. The fourth-order valence-electron chi connectivity index (χ4n) is 1.97. The van der Waals surface area contributed by atoms with E-state index in [0.717, 1.165) is 12.8 Å². The van der Waals surface area contributed by atoms with Gasteiger partial charge in [0.15, 0.2) is 0 Å². The molecule has 0 spiro atoms. The predicted molar refractivity (Wildman–Crippen MR) is 49.0 cm³/mol. The van der Waals surface area contributed by atoms with E-state index in [0.29, 0.717) is 6.04 Å². The van der Waals surface area contributed by atoms with Gasteiger partial charge in [-0.3, -0.25) is 4.68 Å². The molecule has 4 heteroatoms. The number of hydroxylamine groups is 1. The number of nitrogens with zero attached hydrogens (tertiary/aromatic N) is 2. The monoisotopic (exact) mass is 181 g/mol. The van der Waals surface area contributed by atoms with Crippen LogP contribution >= 0.6 is 0 Å². The third-order valence-corrected chi connectivity index (χ3v) is 2.64. The van der Waals surface area contributed by atoms with Crippen LogP contribution in [0.2, 0.25) is 0 Å². The van der Waals surface area contributed by atoms with Crippen molar-refractivity contribution in [2.75, 3.05) is 7.11 Å². The van der Waals surface area contributed by atoms with Crippen molar-refractivity contribution in [2.24, 2.45) is 7.05 Å². The molecule has 13 heavy (non-hydrogen) atoms. The Morgan fingerprint density at radius 3 is 3.31 bits per heavy atom. The lowest BCUT2D eigenvalue weighted by Gasteiger charge is -2.22. The van der Waals surface area contributed by atoms with Crippen LogP contribution in [0.15, 0.2) is 6.20 Å². The summed E-state index contributed by atoms with van der Waals surface area (Å²) in [7, 11) is 3.65. The van der Waals surface area contributed by atoms with Crippen LogP contribution in [0.25, 0.3) is 0 Å². The molecule has 0 saturated heterocycles. The maximum absolute atomic E-state index is 4.96. The first-order valence-electron chi connectivity index (χ1n) is 4.62. The minimum atomic E-state index is 0.322. The van der Waals surface area contributed by atoms with Crippen LogP contribution in [0.3, 0.4) is 0 Å². The van der Waals surface area contributed by atoms with E-state index in [1.54, 1.807) is 7.11 Å². The van der Waals surface area contributed by atoms with Crippen LogP contribution in [0.1, 0.15) is 30.1 Å². The highest BCUT2D eigenvalue weighted by atomic mass is 16.6. The van der Waals surface area contributed by atoms with Crippen molar-refractivity contribution in [3.8, 4) is 0 Å². The van der Waals surface area contributed by atoms with E-state index in [4.69, 9.17) is 4.84 Å². The third-order valence-electron chi connectivity index (χ3n) is 2.64. The largest absolute Gasteiger partial charge is 0.305 e. The Labute approximate surface area is 77.8 Å². The standard InChI is InChI=1S/C9H15N3O/c1-12-9-5-3-4-8(11-13-2)7(9)6-10-12/h6,8,11H,3-5H2,1-2H3. The molecule has 0 saturated carbocycles. The zero-order chi connectivity index (χ0) is 9.26. The van der Waals surface area contributed by atoms with Crippen molar-refractivity contribution in [1.82, 2.24) is 15.3 Å². The maximum Gasteiger partial charge on any atom is 0.0605 e. The predicted octanol–water partition coefficient (Wildman–Crippen LogP) is 0.948. The van der Waals surface area contributed by atoms with Gasteiger partial charge in [-0.2, -0.15) is 10.6 Å². The highest BCUT2D eigenvalue weighted by Crippen LogP contribution is 2.28. The second-order valence-electron chi connectivity index (χ2n) is 3.44. The van der Waals surface area contributed by atoms with Gasteiger partial charge in [0.1, 0.15) is 0 Å². The molecule has 0 aliphatic heterocycles. The fourth-order valence-corrected chi connectivity index (χ4v) is 1.97. The minimum absolute atomic E-state index is 0.322. The van der Waals surface area contributed by atoms with E-state index in [2.05, 4.69) is 10.6 Å². The molecular formula is C9H15N3O. The zero-order valence-corrected chi connectivity index (χ0v) is 8.08. The Balaban J connectivity index is 2.27. The molecule has 0 bridgehead atoms.